The molecule has 1 heteroatoms. The van der Waals surface area contributed by atoms with Gasteiger partial charge in [0.25, 0.3) is 0 Å². The van der Waals surface area contributed by atoms with Crippen molar-refractivity contribution in [1.82, 2.24) is 0 Å². The molecule has 0 fully saturated rings. The lowest BCUT2D eigenvalue weighted by molar-refractivity contribution is 0.686. The smallest absolute Gasteiger partial charge is 0.0686 e. The van der Waals surface area contributed by atoms with Crippen LogP contribution in [0.5, 0.6) is 0 Å². The van der Waals surface area contributed by atoms with E-state index in [0.29, 0.717) is 12.0 Å². The van der Waals surface area contributed by atoms with E-state index < -0.39 is 0 Å². The van der Waals surface area contributed by atoms with E-state index in [4.69, 9.17) is 0 Å². The molecule has 8 rings (SSSR count). The predicted octanol–water partition coefficient (Wildman–Crippen LogP) is 9.89. The average molecular weight is 528 g/mol. The molecule has 3 aliphatic carbocycles. The van der Waals surface area contributed by atoms with Gasteiger partial charge in [-0.15, -0.1) is 0 Å². The van der Waals surface area contributed by atoms with Crippen LogP contribution < -0.4 is 4.90 Å². The normalized spacial score (nSPS) is 17.4. The fraction of sp³-hybridized carbons (Fsp3) is 0.150. The molecule has 41 heavy (non-hydrogen) atoms. The lowest BCUT2D eigenvalue weighted by Crippen LogP contribution is -2.33. The Hall–Kier alpha value is -4.62. The van der Waals surface area contributed by atoms with Crippen LogP contribution in [-0.2, 0) is 5.41 Å². The standard InChI is InChI=1S/C40H33N/c1-27(2)41(30-22-20-29(21-23-30)28-12-4-3-5-13-28)31-24-25-35-34-16-8-11-19-38(34)40(39(35)26-31)36-17-9-6-14-32(36)33-15-7-10-18-37(33)40/h3-24,26-27,35H,25H2,1-2H3. The molecule has 0 saturated heterocycles. The summed E-state index contributed by atoms with van der Waals surface area (Å²) < 4.78 is 0. The van der Waals surface area contributed by atoms with Gasteiger partial charge in [0.1, 0.15) is 0 Å². The molecule has 1 unspecified atom stereocenters. The number of fused-ring (bicyclic) bond motifs is 10. The highest BCUT2D eigenvalue weighted by molar-refractivity contribution is 5.89. The molecule has 1 nitrogen and oxygen atoms in total. The second kappa shape index (κ2) is 9.21. The zero-order chi connectivity index (χ0) is 27.6. The molecule has 0 amide bonds. The van der Waals surface area contributed by atoms with Crippen LogP contribution in [-0.4, -0.2) is 6.04 Å². The topological polar surface area (TPSA) is 3.24 Å². The Morgan fingerprint density at radius 1 is 0.610 bits per heavy atom. The van der Waals surface area contributed by atoms with Crippen molar-refractivity contribution in [2.45, 2.75) is 37.6 Å². The first-order valence-electron chi connectivity index (χ1n) is 14.8. The fourth-order valence-electron chi connectivity index (χ4n) is 7.84. The molecular formula is C40H33N. The van der Waals surface area contributed by atoms with Crippen molar-refractivity contribution < 1.29 is 0 Å². The summed E-state index contributed by atoms with van der Waals surface area (Å²) in [5.41, 5.74) is 14.8. The van der Waals surface area contributed by atoms with Gasteiger partial charge in [-0.3, -0.25) is 0 Å². The Morgan fingerprint density at radius 3 is 1.83 bits per heavy atom. The lowest BCUT2D eigenvalue weighted by Gasteiger charge is -2.37. The third-order valence-electron chi connectivity index (χ3n) is 9.41. The summed E-state index contributed by atoms with van der Waals surface area (Å²) in [6.45, 7) is 4.60. The van der Waals surface area contributed by atoms with Gasteiger partial charge >= 0.3 is 0 Å². The van der Waals surface area contributed by atoms with Crippen LogP contribution in [0.4, 0.5) is 5.69 Å². The van der Waals surface area contributed by atoms with Crippen molar-refractivity contribution in [3.05, 3.63) is 173 Å². The third-order valence-corrected chi connectivity index (χ3v) is 9.41. The van der Waals surface area contributed by atoms with Gasteiger partial charge in [0, 0.05) is 23.3 Å². The number of hydrogen-bond acceptors (Lipinski definition) is 1. The quantitative estimate of drug-likeness (QED) is 0.225. The maximum absolute atomic E-state index is 2.54. The Balaban J connectivity index is 1.30. The van der Waals surface area contributed by atoms with Gasteiger partial charge in [-0.05, 0) is 88.6 Å². The molecule has 5 aromatic rings. The number of allylic oxidation sites excluding steroid dienone is 3. The molecule has 5 aromatic carbocycles. The van der Waals surface area contributed by atoms with E-state index in [9.17, 15) is 0 Å². The summed E-state index contributed by atoms with van der Waals surface area (Å²) in [4.78, 5) is 2.52. The van der Waals surface area contributed by atoms with Gasteiger partial charge in [0.2, 0.25) is 0 Å². The zero-order valence-corrected chi connectivity index (χ0v) is 23.6. The van der Waals surface area contributed by atoms with Crippen molar-refractivity contribution in [2.24, 2.45) is 0 Å². The summed E-state index contributed by atoms with van der Waals surface area (Å²) >= 11 is 0. The van der Waals surface area contributed by atoms with Crippen molar-refractivity contribution in [3.8, 4) is 22.3 Å². The van der Waals surface area contributed by atoms with Gasteiger partial charge < -0.3 is 4.90 Å². The van der Waals surface area contributed by atoms with Gasteiger partial charge in [0.05, 0.1) is 5.41 Å². The maximum Gasteiger partial charge on any atom is 0.0686 e. The number of benzene rings is 5. The van der Waals surface area contributed by atoms with Crippen LogP contribution in [0.3, 0.4) is 0 Å². The Bertz CT molecular complexity index is 1790. The Morgan fingerprint density at radius 2 is 1.17 bits per heavy atom. The van der Waals surface area contributed by atoms with Gasteiger partial charge in [0.15, 0.2) is 0 Å². The van der Waals surface area contributed by atoms with Crippen molar-refractivity contribution >= 4 is 5.69 Å². The second-order valence-corrected chi connectivity index (χ2v) is 11.8. The fourth-order valence-corrected chi connectivity index (χ4v) is 7.84. The molecule has 0 heterocycles. The molecule has 0 N–H and O–H groups in total. The molecule has 0 aromatic heterocycles. The van der Waals surface area contributed by atoms with Crippen LogP contribution in [0.25, 0.3) is 22.3 Å². The van der Waals surface area contributed by atoms with Crippen molar-refractivity contribution in [1.29, 1.82) is 0 Å². The van der Waals surface area contributed by atoms with E-state index in [1.807, 2.05) is 0 Å². The van der Waals surface area contributed by atoms with Crippen LogP contribution in [0, 0.1) is 0 Å². The highest BCUT2D eigenvalue weighted by Gasteiger charge is 2.55. The minimum absolute atomic E-state index is 0.256. The summed E-state index contributed by atoms with van der Waals surface area (Å²) in [6, 6.07) is 47.4. The largest absolute Gasteiger partial charge is 0.339 e. The summed E-state index contributed by atoms with van der Waals surface area (Å²) in [6.07, 6.45) is 6.02. The van der Waals surface area contributed by atoms with Crippen LogP contribution in [0.1, 0.15) is 48.4 Å². The molecule has 3 aliphatic rings. The highest BCUT2D eigenvalue weighted by Crippen LogP contribution is 2.65. The predicted molar refractivity (Wildman–Crippen MR) is 171 cm³/mol. The minimum atomic E-state index is -0.256. The van der Waals surface area contributed by atoms with Gasteiger partial charge in [-0.25, -0.2) is 0 Å². The van der Waals surface area contributed by atoms with Gasteiger partial charge in [-0.2, -0.15) is 0 Å². The first-order valence-corrected chi connectivity index (χ1v) is 14.8. The average Bonchev–Trinajstić information content (AvgIpc) is 3.49. The molecule has 198 valence electrons. The number of hydrogen-bond donors (Lipinski definition) is 0. The first kappa shape index (κ1) is 24.2. The monoisotopic (exact) mass is 527 g/mol. The summed E-state index contributed by atoms with van der Waals surface area (Å²) in [5, 5.41) is 0. The maximum atomic E-state index is 2.54. The second-order valence-electron chi connectivity index (χ2n) is 11.8. The van der Waals surface area contributed by atoms with Gasteiger partial charge in [-0.1, -0.05) is 121 Å². The molecule has 0 saturated carbocycles. The molecule has 1 spiro atoms. The van der Waals surface area contributed by atoms with E-state index >= 15 is 0 Å². The number of rotatable bonds is 4. The van der Waals surface area contributed by atoms with E-state index in [2.05, 4.69) is 158 Å². The van der Waals surface area contributed by atoms with Crippen LogP contribution >= 0.6 is 0 Å². The Labute approximate surface area is 243 Å². The van der Waals surface area contributed by atoms with Crippen molar-refractivity contribution in [2.75, 3.05) is 4.90 Å². The molecule has 0 bridgehead atoms. The SMILES string of the molecule is CC(C)N(C1=CCC2C(=C1)C1(c3ccccc3-c3ccccc31)c1ccccc12)c1ccc(-c2ccccc2)cc1. The molecular weight excluding hydrogens is 494 g/mol. The number of anilines is 1. The molecule has 0 radical (unpaired) electrons. The van der Waals surface area contributed by atoms with E-state index in [0.717, 1.165) is 6.42 Å². The van der Waals surface area contributed by atoms with Crippen LogP contribution in [0.2, 0.25) is 0 Å². The number of nitrogens with zero attached hydrogens (tertiary/aromatic N) is 1. The van der Waals surface area contributed by atoms with Crippen LogP contribution in [0.15, 0.2) is 151 Å². The first-order chi connectivity index (χ1) is 20.2. The molecule has 1 atom stereocenters. The van der Waals surface area contributed by atoms with Crippen molar-refractivity contribution in [3.63, 3.8) is 0 Å². The Kier molecular flexibility index (Phi) is 5.44. The summed E-state index contributed by atoms with van der Waals surface area (Å²) in [5.74, 6) is 0.378. The molecule has 0 aliphatic heterocycles. The van der Waals surface area contributed by atoms with E-state index in [-0.39, 0.29) is 5.41 Å². The lowest BCUT2D eigenvalue weighted by atomic mass is 9.68. The van der Waals surface area contributed by atoms with E-state index in [1.165, 1.54) is 61.5 Å². The zero-order valence-electron chi connectivity index (χ0n) is 23.6. The minimum Gasteiger partial charge on any atom is -0.339 e. The third kappa shape index (κ3) is 3.42. The van der Waals surface area contributed by atoms with E-state index in [1.54, 1.807) is 0 Å². The summed E-state index contributed by atoms with van der Waals surface area (Å²) in [7, 11) is 0. The highest BCUT2D eigenvalue weighted by atomic mass is 15.2.